The van der Waals surface area contributed by atoms with E-state index in [1.807, 2.05) is 13.0 Å². The molecule has 0 spiro atoms. The Labute approximate surface area is 54.8 Å². The second-order valence-corrected chi connectivity index (χ2v) is 2.75. The second kappa shape index (κ2) is 2.12. The normalized spacial score (nSPS) is 25.4. The van der Waals surface area contributed by atoms with Crippen molar-refractivity contribution in [1.82, 2.24) is 0 Å². The third kappa shape index (κ3) is 1.80. The molecule has 52 valence electrons. The minimum absolute atomic E-state index is 0.410. The third-order valence-corrected chi connectivity index (χ3v) is 1.60. The first-order valence-electron chi connectivity index (χ1n) is 3.20. The van der Waals surface area contributed by atoms with E-state index in [0.717, 1.165) is 12.0 Å². The lowest BCUT2D eigenvalue weighted by molar-refractivity contribution is -0.165. The molecule has 0 radical (unpaired) electrons. The molecule has 1 aliphatic rings. The molecule has 0 saturated carbocycles. The molecule has 0 saturated heterocycles. The zero-order valence-corrected chi connectivity index (χ0v) is 5.59. The number of hydrogen-bond acceptors (Lipinski definition) is 2. The van der Waals surface area contributed by atoms with Gasteiger partial charge in [0.15, 0.2) is 5.79 Å². The van der Waals surface area contributed by atoms with Crippen LogP contribution >= 0.6 is 0 Å². The van der Waals surface area contributed by atoms with Crippen molar-refractivity contribution in [3.63, 3.8) is 0 Å². The summed E-state index contributed by atoms with van der Waals surface area (Å²) in [6.45, 7) is 1.92. The standard InChI is InChI=1S/C7H12O2/c1-6-3-2-4-7(8,9)5-6/h3,8-9H,2,4-5H2,1H3. The highest BCUT2D eigenvalue weighted by atomic mass is 16.5. The molecule has 0 heterocycles. The predicted octanol–water partition coefficient (Wildman–Crippen LogP) is 0.797. The van der Waals surface area contributed by atoms with Crippen molar-refractivity contribution in [3.8, 4) is 0 Å². The average Bonchev–Trinajstić information content (AvgIpc) is 1.60. The van der Waals surface area contributed by atoms with Gasteiger partial charge in [0, 0.05) is 12.8 Å². The fraction of sp³-hybridized carbons (Fsp3) is 0.714. The van der Waals surface area contributed by atoms with E-state index >= 15 is 0 Å². The molecule has 9 heavy (non-hydrogen) atoms. The molecule has 0 bridgehead atoms. The maximum Gasteiger partial charge on any atom is 0.166 e. The highest BCUT2D eigenvalue weighted by molar-refractivity contribution is 5.05. The van der Waals surface area contributed by atoms with E-state index in [0.29, 0.717) is 12.8 Å². The van der Waals surface area contributed by atoms with Crippen molar-refractivity contribution in [3.05, 3.63) is 11.6 Å². The lowest BCUT2D eigenvalue weighted by atomic mass is 9.95. The summed E-state index contributed by atoms with van der Waals surface area (Å²) < 4.78 is 0. The molecule has 0 aromatic heterocycles. The Hall–Kier alpha value is -0.340. The maximum absolute atomic E-state index is 9.06. The number of aliphatic hydroxyl groups is 2. The molecule has 2 N–H and O–H groups in total. The SMILES string of the molecule is CC1=CCCC(O)(O)C1. The first-order valence-corrected chi connectivity index (χ1v) is 3.20. The van der Waals surface area contributed by atoms with E-state index < -0.39 is 5.79 Å². The van der Waals surface area contributed by atoms with Gasteiger partial charge in [0.25, 0.3) is 0 Å². The van der Waals surface area contributed by atoms with E-state index in [2.05, 4.69) is 0 Å². The monoisotopic (exact) mass is 128 g/mol. The van der Waals surface area contributed by atoms with Crippen molar-refractivity contribution in [2.24, 2.45) is 0 Å². The quantitative estimate of drug-likeness (QED) is 0.374. The summed E-state index contributed by atoms with van der Waals surface area (Å²) in [7, 11) is 0. The van der Waals surface area contributed by atoms with Crippen molar-refractivity contribution in [2.75, 3.05) is 0 Å². The van der Waals surface area contributed by atoms with Gasteiger partial charge in [-0.2, -0.15) is 0 Å². The first kappa shape index (κ1) is 6.78. The summed E-state index contributed by atoms with van der Waals surface area (Å²) in [6.07, 6.45) is 3.72. The molecule has 0 aliphatic heterocycles. The summed E-state index contributed by atoms with van der Waals surface area (Å²) in [5, 5.41) is 18.1. The molecule has 0 unspecified atom stereocenters. The van der Waals surface area contributed by atoms with E-state index in [9.17, 15) is 0 Å². The summed E-state index contributed by atoms with van der Waals surface area (Å²) in [4.78, 5) is 0. The first-order chi connectivity index (χ1) is 4.10. The Morgan fingerprint density at radius 2 is 2.22 bits per heavy atom. The van der Waals surface area contributed by atoms with Crippen LogP contribution in [0.5, 0.6) is 0 Å². The van der Waals surface area contributed by atoms with Crippen molar-refractivity contribution < 1.29 is 10.2 Å². The van der Waals surface area contributed by atoms with E-state index in [1.165, 1.54) is 0 Å². The minimum Gasteiger partial charge on any atom is -0.365 e. The van der Waals surface area contributed by atoms with Gasteiger partial charge in [-0.1, -0.05) is 11.6 Å². The maximum atomic E-state index is 9.06. The molecule has 2 heteroatoms. The Morgan fingerprint density at radius 1 is 1.56 bits per heavy atom. The lowest BCUT2D eigenvalue weighted by Crippen LogP contribution is -2.29. The number of rotatable bonds is 0. The summed E-state index contributed by atoms with van der Waals surface area (Å²) in [6, 6.07) is 0. The van der Waals surface area contributed by atoms with E-state index in [-0.39, 0.29) is 0 Å². The average molecular weight is 128 g/mol. The molecule has 0 aromatic carbocycles. The molecule has 1 aliphatic carbocycles. The fourth-order valence-corrected chi connectivity index (χ4v) is 1.16. The summed E-state index contributed by atoms with van der Waals surface area (Å²) >= 11 is 0. The molecule has 0 amide bonds. The van der Waals surface area contributed by atoms with Gasteiger partial charge in [0.1, 0.15) is 0 Å². The molecule has 0 atom stereocenters. The Kier molecular flexibility index (Phi) is 1.60. The summed E-state index contributed by atoms with van der Waals surface area (Å²) in [5.74, 6) is -1.42. The Balaban J connectivity index is 2.59. The van der Waals surface area contributed by atoms with Gasteiger partial charge in [0.05, 0.1) is 0 Å². The van der Waals surface area contributed by atoms with Gasteiger partial charge in [-0.15, -0.1) is 0 Å². The van der Waals surface area contributed by atoms with E-state index in [1.54, 1.807) is 0 Å². The highest BCUT2D eigenvalue weighted by Gasteiger charge is 2.24. The topological polar surface area (TPSA) is 40.5 Å². The molecule has 0 aromatic rings. The molecule has 1 rings (SSSR count). The van der Waals surface area contributed by atoms with Gasteiger partial charge in [0.2, 0.25) is 0 Å². The lowest BCUT2D eigenvalue weighted by Gasteiger charge is -2.25. The Morgan fingerprint density at radius 3 is 2.56 bits per heavy atom. The summed E-state index contributed by atoms with van der Waals surface area (Å²) in [5.41, 5.74) is 1.08. The van der Waals surface area contributed by atoms with Crippen LogP contribution < -0.4 is 0 Å². The van der Waals surface area contributed by atoms with Crippen LogP contribution in [0, 0.1) is 0 Å². The zero-order valence-electron chi connectivity index (χ0n) is 5.59. The number of allylic oxidation sites excluding steroid dienone is 1. The van der Waals surface area contributed by atoms with Crippen LogP contribution in [0.1, 0.15) is 26.2 Å². The largest absolute Gasteiger partial charge is 0.365 e. The van der Waals surface area contributed by atoms with E-state index in [4.69, 9.17) is 10.2 Å². The van der Waals surface area contributed by atoms with Gasteiger partial charge in [-0.3, -0.25) is 0 Å². The van der Waals surface area contributed by atoms with Crippen LogP contribution in [0.2, 0.25) is 0 Å². The van der Waals surface area contributed by atoms with Crippen LogP contribution in [-0.2, 0) is 0 Å². The number of hydrogen-bond donors (Lipinski definition) is 2. The van der Waals surface area contributed by atoms with Crippen molar-refractivity contribution >= 4 is 0 Å². The van der Waals surface area contributed by atoms with Gasteiger partial charge >= 0.3 is 0 Å². The third-order valence-electron chi connectivity index (χ3n) is 1.60. The Bertz CT molecular complexity index is 136. The van der Waals surface area contributed by atoms with Crippen molar-refractivity contribution in [1.29, 1.82) is 0 Å². The molecular formula is C7H12O2. The minimum atomic E-state index is -1.42. The van der Waals surface area contributed by atoms with Crippen LogP contribution in [0.3, 0.4) is 0 Å². The highest BCUT2D eigenvalue weighted by Crippen LogP contribution is 2.24. The predicted molar refractivity (Wildman–Crippen MR) is 34.8 cm³/mol. The molecular weight excluding hydrogens is 116 g/mol. The van der Waals surface area contributed by atoms with Crippen molar-refractivity contribution in [2.45, 2.75) is 32.0 Å². The van der Waals surface area contributed by atoms with Gasteiger partial charge in [-0.25, -0.2) is 0 Å². The molecule has 0 fully saturated rings. The second-order valence-electron chi connectivity index (χ2n) is 2.75. The van der Waals surface area contributed by atoms with Crippen LogP contribution in [-0.4, -0.2) is 16.0 Å². The zero-order chi connectivity index (χ0) is 6.91. The molecule has 2 nitrogen and oxygen atoms in total. The van der Waals surface area contributed by atoms with Crippen LogP contribution in [0.25, 0.3) is 0 Å². The van der Waals surface area contributed by atoms with Gasteiger partial charge < -0.3 is 10.2 Å². The fourth-order valence-electron chi connectivity index (χ4n) is 1.16. The van der Waals surface area contributed by atoms with Gasteiger partial charge in [-0.05, 0) is 13.3 Å². The smallest absolute Gasteiger partial charge is 0.166 e. The van der Waals surface area contributed by atoms with Crippen LogP contribution in [0.15, 0.2) is 11.6 Å². The van der Waals surface area contributed by atoms with Crippen LogP contribution in [0.4, 0.5) is 0 Å².